The highest BCUT2D eigenvalue weighted by molar-refractivity contribution is 5.99. The molecule has 4 aromatic carbocycles. The first-order chi connectivity index (χ1) is 18.4. The van der Waals surface area contributed by atoms with Crippen LogP contribution in [0, 0.1) is 13.8 Å². The van der Waals surface area contributed by atoms with Crippen LogP contribution >= 0.6 is 0 Å². The third-order valence-electron chi connectivity index (χ3n) is 6.51. The Morgan fingerprint density at radius 3 is 1.97 bits per heavy atom. The maximum atomic E-state index is 13.0. The number of aryl methyl sites for hydroxylation is 1. The highest BCUT2D eigenvalue weighted by Gasteiger charge is 2.21. The number of anilines is 1. The van der Waals surface area contributed by atoms with Crippen molar-refractivity contribution < 1.29 is 14.3 Å². The second-order valence-corrected chi connectivity index (χ2v) is 9.14. The third kappa shape index (κ3) is 5.15. The van der Waals surface area contributed by atoms with Gasteiger partial charge in [0.05, 0.1) is 28.0 Å². The Hall–Kier alpha value is -4.84. The summed E-state index contributed by atoms with van der Waals surface area (Å²) in [7, 11) is 0. The van der Waals surface area contributed by atoms with Crippen LogP contribution in [0.25, 0.3) is 33.5 Å². The van der Waals surface area contributed by atoms with Crippen molar-refractivity contribution >= 4 is 28.6 Å². The molecule has 188 valence electrons. The highest BCUT2D eigenvalue weighted by Crippen LogP contribution is 2.31. The Morgan fingerprint density at radius 1 is 0.737 bits per heavy atom. The van der Waals surface area contributed by atoms with Gasteiger partial charge < -0.3 is 10.1 Å². The zero-order valence-corrected chi connectivity index (χ0v) is 21.4. The van der Waals surface area contributed by atoms with Gasteiger partial charge in [-0.05, 0) is 56.2 Å². The number of hydrogen-bond acceptors (Lipinski definition) is 5. The standard InChI is InChI=1S/C32H27N3O3/c1-20-11-10-16-26(21(20)2)35-31(36)22(3)38-32(37)25-17-18-27-28(19-25)34-30(24-14-8-5-9-15-24)29(33-27)23-12-6-4-7-13-23/h4-19,22H,1-3H3,(H,35,36). The minimum absolute atomic E-state index is 0.296. The van der Waals surface area contributed by atoms with E-state index < -0.39 is 18.0 Å². The van der Waals surface area contributed by atoms with Crippen molar-refractivity contribution in [1.82, 2.24) is 9.97 Å². The van der Waals surface area contributed by atoms with E-state index in [0.717, 1.165) is 33.6 Å². The lowest BCUT2D eigenvalue weighted by molar-refractivity contribution is -0.123. The van der Waals surface area contributed by atoms with E-state index in [1.54, 1.807) is 25.1 Å². The molecule has 0 radical (unpaired) electrons. The second-order valence-electron chi connectivity index (χ2n) is 9.14. The summed E-state index contributed by atoms with van der Waals surface area (Å²) in [4.78, 5) is 35.5. The van der Waals surface area contributed by atoms with Crippen LogP contribution in [0.4, 0.5) is 5.69 Å². The van der Waals surface area contributed by atoms with E-state index in [4.69, 9.17) is 14.7 Å². The predicted molar refractivity (Wildman–Crippen MR) is 150 cm³/mol. The molecule has 0 aliphatic carbocycles. The molecule has 1 atom stereocenters. The molecular weight excluding hydrogens is 474 g/mol. The molecule has 0 spiro atoms. The molecule has 5 rings (SSSR count). The van der Waals surface area contributed by atoms with Crippen molar-refractivity contribution in [3.05, 3.63) is 114 Å². The van der Waals surface area contributed by atoms with Crippen molar-refractivity contribution in [1.29, 1.82) is 0 Å². The fraction of sp³-hybridized carbons (Fsp3) is 0.125. The van der Waals surface area contributed by atoms with Crippen LogP contribution in [-0.2, 0) is 9.53 Å². The van der Waals surface area contributed by atoms with Crippen molar-refractivity contribution in [2.75, 3.05) is 5.32 Å². The highest BCUT2D eigenvalue weighted by atomic mass is 16.5. The molecule has 5 aromatic rings. The van der Waals surface area contributed by atoms with Crippen LogP contribution < -0.4 is 5.32 Å². The molecule has 0 bridgehead atoms. The van der Waals surface area contributed by atoms with Crippen LogP contribution in [0.3, 0.4) is 0 Å². The summed E-state index contributed by atoms with van der Waals surface area (Å²) >= 11 is 0. The minimum atomic E-state index is -0.982. The number of ether oxygens (including phenoxy) is 1. The van der Waals surface area contributed by atoms with Gasteiger partial charge in [-0.3, -0.25) is 4.79 Å². The van der Waals surface area contributed by atoms with E-state index in [0.29, 0.717) is 22.3 Å². The number of amides is 1. The van der Waals surface area contributed by atoms with Gasteiger partial charge in [-0.15, -0.1) is 0 Å². The number of rotatable bonds is 6. The normalized spacial score (nSPS) is 11.7. The van der Waals surface area contributed by atoms with Gasteiger partial charge in [-0.2, -0.15) is 0 Å². The summed E-state index contributed by atoms with van der Waals surface area (Å²) in [5, 5.41) is 2.85. The molecule has 1 unspecified atom stereocenters. The number of fused-ring (bicyclic) bond motifs is 1. The van der Waals surface area contributed by atoms with E-state index in [-0.39, 0.29) is 0 Å². The fourth-order valence-electron chi connectivity index (χ4n) is 4.18. The zero-order chi connectivity index (χ0) is 26.6. The molecule has 1 aromatic heterocycles. The van der Waals surface area contributed by atoms with Crippen LogP contribution in [-0.4, -0.2) is 27.9 Å². The Kier molecular flexibility index (Phi) is 6.96. The Balaban J connectivity index is 1.43. The summed E-state index contributed by atoms with van der Waals surface area (Å²) in [5.74, 6) is -1.00. The number of aromatic nitrogens is 2. The number of esters is 1. The molecule has 38 heavy (non-hydrogen) atoms. The molecule has 0 aliphatic rings. The number of carbonyl (C=O) groups excluding carboxylic acids is 2. The molecule has 0 saturated carbocycles. The molecular formula is C32H27N3O3. The van der Waals surface area contributed by atoms with E-state index in [2.05, 4.69) is 5.32 Å². The number of benzene rings is 4. The molecule has 6 nitrogen and oxygen atoms in total. The number of hydrogen-bond donors (Lipinski definition) is 1. The quantitative estimate of drug-likeness (QED) is 0.260. The summed E-state index contributed by atoms with van der Waals surface area (Å²) in [5.41, 5.74) is 7.59. The predicted octanol–water partition coefficient (Wildman–Crippen LogP) is 6.76. The average Bonchev–Trinajstić information content (AvgIpc) is 2.95. The van der Waals surface area contributed by atoms with Crippen LogP contribution in [0.2, 0.25) is 0 Å². The van der Waals surface area contributed by atoms with Crippen molar-refractivity contribution in [3.8, 4) is 22.5 Å². The van der Waals surface area contributed by atoms with Crippen LogP contribution in [0.15, 0.2) is 97.1 Å². The number of carbonyl (C=O) groups is 2. The van der Waals surface area contributed by atoms with Gasteiger partial charge in [0.15, 0.2) is 6.10 Å². The summed E-state index contributed by atoms with van der Waals surface area (Å²) in [6, 6.07) is 30.4. The van der Waals surface area contributed by atoms with Gasteiger partial charge in [0.1, 0.15) is 0 Å². The van der Waals surface area contributed by atoms with E-state index in [9.17, 15) is 9.59 Å². The largest absolute Gasteiger partial charge is 0.449 e. The molecule has 0 fully saturated rings. The van der Waals surface area contributed by atoms with Gasteiger partial charge in [-0.1, -0.05) is 72.8 Å². The molecule has 1 heterocycles. The first kappa shape index (κ1) is 24.8. The first-order valence-electron chi connectivity index (χ1n) is 12.4. The van der Waals surface area contributed by atoms with Gasteiger partial charge in [-0.25, -0.2) is 14.8 Å². The van der Waals surface area contributed by atoms with E-state index in [1.165, 1.54) is 0 Å². The monoisotopic (exact) mass is 501 g/mol. The Labute approximate surface area is 221 Å². The molecule has 1 N–H and O–H groups in total. The van der Waals surface area contributed by atoms with Crippen molar-refractivity contribution in [3.63, 3.8) is 0 Å². The van der Waals surface area contributed by atoms with Crippen LogP contribution in [0.5, 0.6) is 0 Å². The molecule has 0 aliphatic heterocycles. The van der Waals surface area contributed by atoms with Gasteiger partial charge >= 0.3 is 5.97 Å². The Bertz CT molecular complexity index is 1630. The van der Waals surface area contributed by atoms with E-state index in [1.807, 2.05) is 92.7 Å². The third-order valence-corrected chi connectivity index (χ3v) is 6.51. The maximum Gasteiger partial charge on any atom is 0.338 e. The summed E-state index contributed by atoms with van der Waals surface area (Å²) in [6.07, 6.45) is -0.982. The molecule has 6 heteroatoms. The van der Waals surface area contributed by atoms with Crippen molar-refractivity contribution in [2.45, 2.75) is 26.9 Å². The summed E-state index contributed by atoms with van der Waals surface area (Å²) in [6.45, 7) is 5.46. The topological polar surface area (TPSA) is 81.2 Å². The molecule has 1 amide bonds. The maximum absolute atomic E-state index is 13.0. The lowest BCUT2D eigenvalue weighted by Crippen LogP contribution is -2.30. The second kappa shape index (κ2) is 10.6. The van der Waals surface area contributed by atoms with Gasteiger partial charge in [0.2, 0.25) is 0 Å². The van der Waals surface area contributed by atoms with E-state index >= 15 is 0 Å². The average molecular weight is 502 g/mol. The Morgan fingerprint density at radius 2 is 1.34 bits per heavy atom. The van der Waals surface area contributed by atoms with Crippen LogP contribution in [0.1, 0.15) is 28.4 Å². The fourth-order valence-corrected chi connectivity index (χ4v) is 4.18. The first-order valence-corrected chi connectivity index (χ1v) is 12.4. The lowest BCUT2D eigenvalue weighted by atomic mass is 10.0. The van der Waals surface area contributed by atoms with Gasteiger partial charge in [0, 0.05) is 16.8 Å². The zero-order valence-electron chi connectivity index (χ0n) is 21.4. The number of nitrogens with zero attached hydrogens (tertiary/aromatic N) is 2. The summed E-state index contributed by atoms with van der Waals surface area (Å²) < 4.78 is 5.50. The van der Waals surface area contributed by atoms with Gasteiger partial charge in [0.25, 0.3) is 5.91 Å². The number of nitrogens with one attached hydrogen (secondary N) is 1. The van der Waals surface area contributed by atoms with Crippen molar-refractivity contribution in [2.24, 2.45) is 0 Å². The lowest BCUT2D eigenvalue weighted by Gasteiger charge is -2.16. The SMILES string of the molecule is Cc1cccc(NC(=O)C(C)OC(=O)c2ccc3nc(-c4ccccc4)c(-c4ccccc4)nc3c2)c1C. The smallest absolute Gasteiger partial charge is 0.338 e. The molecule has 0 saturated heterocycles. The minimum Gasteiger partial charge on any atom is -0.449 e.